The number of thiophene rings is 1. The Balaban J connectivity index is 1.57. The summed E-state index contributed by atoms with van der Waals surface area (Å²) in [5.41, 5.74) is 1.30. The number of hydrogen-bond acceptors (Lipinski definition) is 7. The molecule has 7 nitrogen and oxygen atoms in total. The molecule has 0 bridgehead atoms. The number of nitrogens with one attached hydrogen (secondary N) is 1. The lowest BCUT2D eigenvalue weighted by molar-refractivity contribution is 0.102. The molecular formula is C18H16FN3O4S3. The van der Waals surface area contributed by atoms with E-state index < -0.39 is 15.8 Å². The monoisotopic (exact) mass is 453 g/mol. The standard InChI is InChI=1S/C18H16FN3O4S3/c1-26-14-3-2-12(19)8-16(14)29(24,25)22-6-4-13-15(9-22)28-18(20-13)21-17(23)11-5-7-27-10-11/h2-3,5,7-8,10H,4,6,9H2,1H3,(H,20,21,23). The van der Waals surface area contributed by atoms with Crippen LogP contribution in [0.5, 0.6) is 5.75 Å². The molecule has 11 heteroatoms. The van der Waals surface area contributed by atoms with E-state index in [-0.39, 0.29) is 29.6 Å². The average Bonchev–Trinajstić information content (AvgIpc) is 3.36. The zero-order valence-corrected chi connectivity index (χ0v) is 17.7. The molecule has 0 aliphatic carbocycles. The Kier molecular flexibility index (Phi) is 5.38. The number of amides is 1. The Morgan fingerprint density at radius 3 is 2.90 bits per heavy atom. The molecule has 3 heterocycles. The van der Waals surface area contributed by atoms with E-state index in [9.17, 15) is 17.6 Å². The Bertz CT molecular complexity index is 1160. The Labute approximate surface area is 174 Å². The molecule has 1 aromatic carbocycles. The number of hydrogen-bond donors (Lipinski definition) is 1. The normalized spacial score (nSPS) is 14.4. The second-order valence-corrected chi connectivity index (χ2v) is 10.0. The van der Waals surface area contributed by atoms with Crippen LogP contribution < -0.4 is 10.1 Å². The average molecular weight is 454 g/mol. The highest BCUT2D eigenvalue weighted by molar-refractivity contribution is 7.89. The van der Waals surface area contributed by atoms with Crippen LogP contribution in [-0.2, 0) is 23.0 Å². The number of benzene rings is 1. The number of carbonyl (C=O) groups excluding carboxylic acids is 1. The maximum Gasteiger partial charge on any atom is 0.258 e. The van der Waals surface area contributed by atoms with E-state index in [1.165, 1.54) is 40.2 Å². The number of methoxy groups -OCH3 is 1. The number of halogens is 1. The maximum absolute atomic E-state index is 13.7. The van der Waals surface area contributed by atoms with Gasteiger partial charge in [-0.25, -0.2) is 17.8 Å². The largest absolute Gasteiger partial charge is 0.495 e. The molecule has 1 N–H and O–H groups in total. The first-order chi connectivity index (χ1) is 13.9. The molecule has 152 valence electrons. The van der Waals surface area contributed by atoms with Gasteiger partial charge in [0.05, 0.1) is 24.9 Å². The van der Waals surface area contributed by atoms with Gasteiger partial charge in [0.2, 0.25) is 10.0 Å². The van der Waals surface area contributed by atoms with Crippen LogP contribution in [0.25, 0.3) is 0 Å². The van der Waals surface area contributed by atoms with Gasteiger partial charge in [0.25, 0.3) is 5.91 Å². The van der Waals surface area contributed by atoms with Gasteiger partial charge in [-0.3, -0.25) is 10.1 Å². The van der Waals surface area contributed by atoms with Crippen LogP contribution in [0.2, 0.25) is 0 Å². The van der Waals surface area contributed by atoms with Gasteiger partial charge in [-0.05, 0) is 29.6 Å². The number of aromatic nitrogens is 1. The molecule has 2 aromatic heterocycles. The Morgan fingerprint density at radius 1 is 1.34 bits per heavy atom. The molecule has 0 atom stereocenters. The smallest absolute Gasteiger partial charge is 0.258 e. The van der Waals surface area contributed by atoms with Crippen molar-refractivity contribution in [1.82, 2.24) is 9.29 Å². The van der Waals surface area contributed by atoms with Crippen LogP contribution in [0.15, 0.2) is 39.9 Å². The maximum atomic E-state index is 13.7. The predicted octanol–water partition coefficient (Wildman–Crippen LogP) is 3.35. The minimum Gasteiger partial charge on any atom is -0.495 e. The molecular weight excluding hydrogens is 437 g/mol. The van der Waals surface area contributed by atoms with Gasteiger partial charge in [-0.15, -0.1) is 11.3 Å². The fourth-order valence-corrected chi connectivity index (χ4v) is 6.30. The first-order valence-corrected chi connectivity index (χ1v) is 11.7. The van der Waals surface area contributed by atoms with Gasteiger partial charge >= 0.3 is 0 Å². The van der Waals surface area contributed by atoms with Gasteiger partial charge in [0.15, 0.2) is 5.13 Å². The molecule has 0 saturated carbocycles. The second-order valence-electron chi connectivity index (χ2n) is 6.24. The first kappa shape index (κ1) is 20.0. The minimum atomic E-state index is -3.96. The highest BCUT2D eigenvalue weighted by Crippen LogP contribution is 2.34. The molecule has 0 unspecified atom stereocenters. The molecule has 4 rings (SSSR count). The molecule has 0 saturated heterocycles. The lowest BCUT2D eigenvalue weighted by Gasteiger charge is -2.26. The van der Waals surface area contributed by atoms with Crippen molar-refractivity contribution in [3.63, 3.8) is 0 Å². The summed E-state index contributed by atoms with van der Waals surface area (Å²) in [5.74, 6) is -0.824. The number of anilines is 1. The summed E-state index contributed by atoms with van der Waals surface area (Å²) in [6, 6.07) is 5.12. The highest BCUT2D eigenvalue weighted by atomic mass is 32.2. The minimum absolute atomic E-state index is 0.0882. The lowest BCUT2D eigenvalue weighted by atomic mass is 10.2. The lowest BCUT2D eigenvalue weighted by Crippen LogP contribution is -2.35. The van der Waals surface area contributed by atoms with Crippen LogP contribution in [0.3, 0.4) is 0 Å². The highest BCUT2D eigenvalue weighted by Gasteiger charge is 2.33. The summed E-state index contributed by atoms with van der Waals surface area (Å²) in [6.07, 6.45) is 0.400. The fraction of sp³-hybridized carbons (Fsp3) is 0.222. The summed E-state index contributed by atoms with van der Waals surface area (Å²) in [6.45, 7) is 0.306. The first-order valence-electron chi connectivity index (χ1n) is 8.54. The molecule has 0 fully saturated rings. The molecule has 1 amide bonds. The molecule has 29 heavy (non-hydrogen) atoms. The number of sulfonamides is 1. The number of rotatable bonds is 5. The third-order valence-electron chi connectivity index (χ3n) is 4.44. The number of thiazole rings is 1. The van der Waals surface area contributed by atoms with Crippen LogP contribution >= 0.6 is 22.7 Å². The van der Waals surface area contributed by atoms with Crippen LogP contribution in [0.4, 0.5) is 9.52 Å². The number of nitrogens with zero attached hydrogens (tertiary/aromatic N) is 2. The van der Waals surface area contributed by atoms with Crippen molar-refractivity contribution in [2.75, 3.05) is 19.0 Å². The molecule has 3 aromatic rings. The SMILES string of the molecule is COc1ccc(F)cc1S(=O)(=O)N1CCc2nc(NC(=O)c3ccsc3)sc2C1. The second kappa shape index (κ2) is 7.82. The van der Waals surface area contributed by atoms with E-state index in [1.54, 1.807) is 11.4 Å². The quantitative estimate of drug-likeness (QED) is 0.640. The number of ether oxygens (including phenoxy) is 1. The molecule has 1 aliphatic heterocycles. The van der Waals surface area contributed by atoms with Crippen LogP contribution in [-0.4, -0.2) is 37.3 Å². The van der Waals surface area contributed by atoms with E-state index in [4.69, 9.17) is 4.74 Å². The topological polar surface area (TPSA) is 88.6 Å². The van der Waals surface area contributed by atoms with E-state index in [1.807, 2.05) is 5.38 Å². The zero-order chi connectivity index (χ0) is 20.6. The van der Waals surface area contributed by atoms with Gasteiger partial charge in [0.1, 0.15) is 16.5 Å². The predicted molar refractivity (Wildman–Crippen MR) is 109 cm³/mol. The summed E-state index contributed by atoms with van der Waals surface area (Å²) in [7, 11) is -2.62. The van der Waals surface area contributed by atoms with Crippen molar-refractivity contribution in [3.05, 3.63) is 57.0 Å². The van der Waals surface area contributed by atoms with Crippen molar-refractivity contribution in [3.8, 4) is 5.75 Å². The van der Waals surface area contributed by atoms with Crippen LogP contribution in [0, 0.1) is 5.82 Å². The summed E-state index contributed by atoms with van der Waals surface area (Å²) >= 11 is 2.66. The van der Waals surface area contributed by atoms with E-state index in [0.29, 0.717) is 17.1 Å². The molecule has 0 radical (unpaired) electrons. The Morgan fingerprint density at radius 2 is 2.17 bits per heavy atom. The van der Waals surface area contributed by atoms with Gasteiger partial charge < -0.3 is 4.74 Å². The Hall–Kier alpha value is -2.34. The van der Waals surface area contributed by atoms with Gasteiger partial charge in [-0.1, -0.05) is 0 Å². The number of carbonyl (C=O) groups is 1. The van der Waals surface area contributed by atoms with Gasteiger partial charge in [-0.2, -0.15) is 15.6 Å². The number of fused-ring (bicyclic) bond motifs is 1. The van der Waals surface area contributed by atoms with E-state index in [2.05, 4.69) is 10.3 Å². The van der Waals surface area contributed by atoms with Crippen molar-refractivity contribution < 1.29 is 22.3 Å². The van der Waals surface area contributed by atoms with Crippen molar-refractivity contribution in [2.24, 2.45) is 0 Å². The fourth-order valence-electron chi connectivity index (χ4n) is 2.98. The van der Waals surface area contributed by atoms with Crippen molar-refractivity contribution in [1.29, 1.82) is 0 Å². The van der Waals surface area contributed by atoms with Crippen LogP contribution in [0.1, 0.15) is 20.9 Å². The summed E-state index contributed by atoms with van der Waals surface area (Å²) < 4.78 is 46.2. The third kappa shape index (κ3) is 3.90. The van der Waals surface area contributed by atoms with Crippen molar-refractivity contribution >= 4 is 43.7 Å². The van der Waals surface area contributed by atoms with Crippen molar-refractivity contribution in [2.45, 2.75) is 17.9 Å². The zero-order valence-electron chi connectivity index (χ0n) is 15.2. The summed E-state index contributed by atoms with van der Waals surface area (Å²) in [5, 5.41) is 6.73. The molecule has 0 spiro atoms. The van der Waals surface area contributed by atoms with Gasteiger partial charge in [0, 0.05) is 23.2 Å². The third-order valence-corrected chi connectivity index (χ3v) is 7.99. The molecule has 1 aliphatic rings. The van der Waals surface area contributed by atoms with E-state index >= 15 is 0 Å². The summed E-state index contributed by atoms with van der Waals surface area (Å²) in [4.78, 5) is 17.2. The van der Waals surface area contributed by atoms with E-state index in [0.717, 1.165) is 22.7 Å².